The predicted octanol–water partition coefficient (Wildman–Crippen LogP) is 2.55. The molecule has 0 unspecified atom stereocenters. The molecule has 1 aromatic carbocycles. The zero-order valence-electron chi connectivity index (χ0n) is 14.7. The smallest absolute Gasteiger partial charge is 0.167 e. The molecule has 0 fully saturated rings. The van der Waals surface area contributed by atoms with Gasteiger partial charge in [0.25, 0.3) is 0 Å². The fourth-order valence-corrected chi connectivity index (χ4v) is 3.26. The molecule has 1 aromatic heterocycles. The summed E-state index contributed by atoms with van der Waals surface area (Å²) < 4.78 is 1.68. The molecule has 0 atom stereocenters. The van der Waals surface area contributed by atoms with Crippen LogP contribution < -0.4 is 0 Å². The summed E-state index contributed by atoms with van der Waals surface area (Å²) in [6.45, 7) is 4.98. The Morgan fingerprint density at radius 1 is 1.24 bits per heavy atom. The summed E-state index contributed by atoms with van der Waals surface area (Å²) in [5, 5.41) is 13.2. The Morgan fingerprint density at radius 2 is 2.04 bits per heavy atom. The lowest BCUT2D eigenvalue weighted by Crippen LogP contribution is -2.30. The number of ketones is 1. The van der Waals surface area contributed by atoms with E-state index in [1.54, 1.807) is 10.9 Å². The van der Waals surface area contributed by atoms with Gasteiger partial charge in [-0.15, -0.1) is 0 Å². The van der Waals surface area contributed by atoms with Gasteiger partial charge in [0, 0.05) is 31.7 Å². The fourth-order valence-electron chi connectivity index (χ4n) is 3.26. The van der Waals surface area contributed by atoms with Crippen LogP contribution in [0.2, 0.25) is 0 Å². The number of hydrogen-bond acceptors (Lipinski definition) is 4. The molecule has 1 aliphatic heterocycles. The molecular weight excluding hydrogens is 314 g/mol. The number of carbonyl (C=O) groups excluding carboxylic acids is 1. The Bertz CT molecular complexity index is 750. The van der Waals surface area contributed by atoms with Crippen LogP contribution in [0, 0.1) is 6.92 Å². The highest BCUT2D eigenvalue weighted by Crippen LogP contribution is 2.22. The highest BCUT2D eigenvalue weighted by Gasteiger charge is 2.17. The molecule has 0 amide bonds. The van der Waals surface area contributed by atoms with Crippen LogP contribution in [0.5, 0.6) is 0 Å². The van der Waals surface area contributed by atoms with Crippen molar-refractivity contribution in [2.45, 2.75) is 26.3 Å². The number of aromatic nitrogens is 2. The largest absolute Gasteiger partial charge is 0.394 e. The molecule has 0 radical (unpaired) electrons. The molecule has 0 saturated carbocycles. The van der Waals surface area contributed by atoms with E-state index in [9.17, 15) is 4.79 Å². The first-order valence-corrected chi connectivity index (χ1v) is 8.82. The van der Waals surface area contributed by atoms with Gasteiger partial charge < -0.3 is 5.11 Å². The summed E-state index contributed by atoms with van der Waals surface area (Å²) in [6.07, 6.45) is 5.41. The standard InChI is InChI=1S/C20H25N3O2/c1-16-19(15-21-23(16)13-14-24)20(25)9-12-22-10-7-18(8-11-22)17-5-3-2-4-6-17/h2-7,15,24H,8-14H2,1H3. The first-order valence-electron chi connectivity index (χ1n) is 8.82. The zero-order valence-corrected chi connectivity index (χ0v) is 14.7. The Hall–Kier alpha value is -2.24. The first kappa shape index (κ1) is 17.6. The molecule has 2 heterocycles. The highest BCUT2D eigenvalue weighted by atomic mass is 16.3. The molecule has 0 aliphatic carbocycles. The maximum atomic E-state index is 12.5. The van der Waals surface area contributed by atoms with E-state index in [0.29, 0.717) is 18.5 Å². The molecule has 132 valence electrons. The average Bonchev–Trinajstić information content (AvgIpc) is 3.02. The first-order chi connectivity index (χ1) is 12.2. The summed E-state index contributed by atoms with van der Waals surface area (Å²) in [5.41, 5.74) is 4.20. The minimum absolute atomic E-state index is 0.0278. The van der Waals surface area contributed by atoms with Crippen molar-refractivity contribution in [3.8, 4) is 0 Å². The third-order valence-electron chi connectivity index (χ3n) is 4.81. The molecule has 5 heteroatoms. The molecular formula is C20H25N3O2. The van der Waals surface area contributed by atoms with Gasteiger partial charge in [-0.3, -0.25) is 14.4 Å². The maximum absolute atomic E-state index is 12.5. The van der Waals surface area contributed by atoms with Crippen molar-refractivity contribution >= 4 is 11.4 Å². The summed E-state index contributed by atoms with van der Waals surface area (Å²) in [6, 6.07) is 10.5. The number of aliphatic hydroxyl groups excluding tert-OH is 1. The lowest BCUT2D eigenvalue weighted by Gasteiger charge is -2.26. The van der Waals surface area contributed by atoms with E-state index in [4.69, 9.17) is 5.11 Å². The lowest BCUT2D eigenvalue weighted by molar-refractivity contribution is 0.0965. The van der Waals surface area contributed by atoms with Crippen LogP contribution in [0.1, 0.15) is 34.5 Å². The van der Waals surface area contributed by atoms with Gasteiger partial charge in [-0.05, 0) is 24.5 Å². The van der Waals surface area contributed by atoms with Crippen LogP contribution >= 0.6 is 0 Å². The summed E-state index contributed by atoms with van der Waals surface area (Å²) in [7, 11) is 0. The van der Waals surface area contributed by atoms with Crippen molar-refractivity contribution in [2.75, 3.05) is 26.2 Å². The molecule has 3 rings (SSSR count). The number of Topliss-reactive ketones (excluding diaryl/α,β-unsaturated/α-hetero) is 1. The number of rotatable bonds is 7. The van der Waals surface area contributed by atoms with Gasteiger partial charge in [0.05, 0.1) is 24.9 Å². The van der Waals surface area contributed by atoms with E-state index in [2.05, 4.69) is 40.3 Å². The minimum Gasteiger partial charge on any atom is -0.394 e. The second-order valence-corrected chi connectivity index (χ2v) is 6.41. The van der Waals surface area contributed by atoms with Gasteiger partial charge in [-0.2, -0.15) is 5.10 Å². The topological polar surface area (TPSA) is 58.4 Å². The fraction of sp³-hybridized carbons (Fsp3) is 0.400. The van der Waals surface area contributed by atoms with Gasteiger partial charge in [-0.25, -0.2) is 0 Å². The van der Waals surface area contributed by atoms with E-state index in [0.717, 1.165) is 31.7 Å². The van der Waals surface area contributed by atoms with Crippen molar-refractivity contribution in [3.63, 3.8) is 0 Å². The van der Waals surface area contributed by atoms with Gasteiger partial charge in [-0.1, -0.05) is 36.4 Å². The Morgan fingerprint density at radius 3 is 2.72 bits per heavy atom. The van der Waals surface area contributed by atoms with E-state index < -0.39 is 0 Å². The van der Waals surface area contributed by atoms with E-state index in [1.165, 1.54) is 11.1 Å². The monoisotopic (exact) mass is 339 g/mol. The van der Waals surface area contributed by atoms with Crippen molar-refractivity contribution in [2.24, 2.45) is 0 Å². The SMILES string of the molecule is Cc1c(C(=O)CCN2CC=C(c3ccccc3)CC2)cnn1CCO. The van der Waals surface area contributed by atoms with Crippen LogP contribution in [-0.2, 0) is 6.54 Å². The van der Waals surface area contributed by atoms with Crippen LogP contribution in [-0.4, -0.2) is 51.8 Å². The molecule has 25 heavy (non-hydrogen) atoms. The Labute approximate surface area is 148 Å². The molecule has 0 bridgehead atoms. The van der Waals surface area contributed by atoms with E-state index in [-0.39, 0.29) is 12.4 Å². The quantitative estimate of drug-likeness (QED) is 0.788. The predicted molar refractivity (Wildman–Crippen MR) is 98.5 cm³/mol. The summed E-state index contributed by atoms with van der Waals surface area (Å²) in [4.78, 5) is 14.8. The lowest BCUT2D eigenvalue weighted by atomic mass is 9.99. The van der Waals surface area contributed by atoms with E-state index in [1.807, 2.05) is 13.0 Å². The molecule has 0 saturated heterocycles. The second-order valence-electron chi connectivity index (χ2n) is 6.41. The minimum atomic E-state index is 0.0278. The number of nitrogens with zero attached hydrogens (tertiary/aromatic N) is 3. The maximum Gasteiger partial charge on any atom is 0.167 e. The van der Waals surface area contributed by atoms with Crippen molar-refractivity contribution in [1.29, 1.82) is 0 Å². The third kappa shape index (κ3) is 4.24. The Kier molecular flexibility index (Phi) is 5.79. The third-order valence-corrected chi connectivity index (χ3v) is 4.81. The summed E-state index contributed by atoms with van der Waals surface area (Å²) in [5.74, 6) is 0.125. The second kappa shape index (κ2) is 8.23. The number of aliphatic hydroxyl groups is 1. The van der Waals surface area contributed by atoms with Crippen molar-refractivity contribution < 1.29 is 9.90 Å². The van der Waals surface area contributed by atoms with Crippen LogP contribution in [0.4, 0.5) is 0 Å². The van der Waals surface area contributed by atoms with Gasteiger partial charge in [0.1, 0.15) is 0 Å². The van der Waals surface area contributed by atoms with Crippen molar-refractivity contribution in [1.82, 2.24) is 14.7 Å². The molecule has 1 aliphatic rings. The summed E-state index contributed by atoms with van der Waals surface area (Å²) >= 11 is 0. The zero-order chi connectivity index (χ0) is 17.6. The van der Waals surface area contributed by atoms with Crippen molar-refractivity contribution in [3.05, 3.63) is 59.4 Å². The average molecular weight is 339 g/mol. The molecule has 1 N–H and O–H groups in total. The number of benzene rings is 1. The Balaban J connectivity index is 1.53. The van der Waals surface area contributed by atoms with Gasteiger partial charge in [0.15, 0.2) is 5.78 Å². The number of hydrogen-bond donors (Lipinski definition) is 1. The molecule has 5 nitrogen and oxygen atoms in total. The van der Waals surface area contributed by atoms with Crippen LogP contribution in [0.25, 0.3) is 5.57 Å². The van der Waals surface area contributed by atoms with E-state index >= 15 is 0 Å². The highest BCUT2D eigenvalue weighted by molar-refractivity contribution is 5.97. The van der Waals surface area contributed by atoms with Crippen LogP contribution in [0.15, 0.2) is 42.6 Å². The van der Waals surface area contributed by atoms with Gasteiger partial charge in [0.2, 0.25) is 0 Å². The van der Waals surface area contributed by atoms with Crippen LogP contribution in [0.3, 0.4) is 0 Å². The van der Waals surface area contributed by atoms with Gasteiger partial charge >= 0.3 is 0 Å². The number of carbonyl (C=O) groups is 1. The molecule has 0 spiro atoms. The normalized spacial score (nSPS) is 15.2. The molecule has 2 aromatic rings.